The lowest BCUT2D eigenvalue weighted by Crippen LogP contribution is -2.59. The van der Waals surface area contributed by atoms with Gasteiger partial charge in [0, 0.05) is 10.0 Å². The van der Waals surface area contributed by atoms with Crippen LogP contribution in [0.5, 0.6) is 0 Å². The zero-order valence-corrected chi connectivity index (χ0v) is 23.1. The molecule has 17 heteroatoms. The predicted molar refractivity (Wildman–Crippen MR) is 134 cm³/mol. The van der Waals surface area contributed by atoms with Gasteiger partial charge in [0.15, 0.2) is 10.8 Å². The number of hydrogen-bond acceptors (Lipinski definition) is 2. The van der Waals surface area contributed by atoms with Crippen LogP contribution in [0, 0.1) is 0 Å². The third-order valence-electron chi connectivity index (χ3n) is 4.94. The van der Waals surface area contributed by atoms with Gasteiger partial charge in [-0.1, -0.05) is 81.2 Å². The maximum Gasteiger partial charge on any atom is 0.460 e. The van der Waals surface area contributed by atoms with Gasteiger partial charge in [-0.15, -0.1) is 0 Å². The summed E-state index contributed by atoms with van der Waals surface area (Å²) in [5.74, 6) is -15.6. The number of thiocarbonyl (C=S) groups is 1. The van der Waals surface area contributed by atoms with Crippen molar-refractivity contribution in [2.45, 2.75) is 30.1 Å². The second-order valence-corrected chi connectivity index (χ2v) is 10.1. The van der Waals surface area contributed by atoms with Gasteiger partial charge < -0.3 is 5.32 Å². The van der Waals surface area contributed by atoms with E-state index in [4.69, 9.17) is 34.8 Å². The van der Waals surface area contributed by atoms with Crippen LogP contribution in [0.1, 0.15) is 27.4 Å². The monoisotopic (exact) mass is 711 g/mol. The summed E-state index contributed by atoms with van der Waals surface area (Å²) in [7, 11) is 0. The molecule has 0 bridgehead atoms. The number of benzene rings is 2. The summed E-state index contributed by atoms with van der Waals surface area (Å²) in [6, 6.07) is 5.36. The van der Waals surface area contributed by atoms with Crippen LogP contribution in [-0.2, 0) is 0 Å². The Hall–Kier alpha value is -1.61. The van der Waals surface area contributed by atoms with Crippen molar-refractivity contribution in [3.8, 4) is 0 Å². The normalized spacial score (nSPS) is 14.0. The molecule has 1 unspecified atom stereocenters. The van der Waals surface area contributed by atoms with Crippen LogP contribution in [0.3, 0.4) is 0 Å². The number of nitrogens with one attached hydrogen (secondary N) is 1. The number of allylic oxidation sites excluding steroid dienone is 1. The molecule has 2 aromatic carbocycles. The first kappa shape index (κ1) is 33.6. The van der Waals surface area contributed by atoms with E-state index in [0.717, 1.165) is 36.4 Å². The van der Waals surface area contributed by atoms with Gasteiger partial charge in [0.05, 0.1) is 27.5 Å². The van der Waals surface area contributed by atoms with Crippen molar-refractivity contribution >= 4 is 79.8 Å². The largest absolute Gasteiger partial charge is 0.460 e. The molecule has 1 N–H and O–H groups in total. The van der Waals surface area contributed by atoms with Gasteiger partial charge in [0.2, 0.25) is 0 Å². The highest BCUT2D eigenvalue weighted by Crippen LogP contribution is 2.47. The minimum Gasteiger partial charge on any atom is -0.367 e. The fourth-order valence-electron chi connectivity index (χ4n) is 2.92. The van der Waals surface area contributed by atoms with E-state index >= 15 is 0 Å². The zero-order valence-electron chi connectivity index (χ0n) is 18.4. The molecule has 2 rings (SSSR count). The molecule has 0 aliphatic heterocycles. The minimum atomic E-state index is -6.62. The number of alkyl halides is 10. The second-order valence-electron chi connectivity index (χ2n) is 7.67. The predicted octanol–water partition coefficient (Wildman–Crippen LogP) is 9.70. The van der Waals surface area contributed by atoms with E-state index < -0.39 is 47.4 Å². The van der Waals surface area contributed by atoms with Gasteiger partial charge in [-0.05, 0) is 35.4 Å². The molecule has 39 heavy (non-hydrogen) atoms. The average molecular weight is 714 g/mol. The molecule has 0 saturated carbocycles. The summed E-state index contributed by atoms with van der Waals surface area (Å²) < 4.78 is 131. The number of rotatable bonds is 8. The Kier molecular flexibility index (Phi) is 10.4. The van der Waals surface area contributed by atoms with Crippen LogP contribution >= 0.6 is 63.0 Å². The number of halogens is 14. The third-order valence-corrected chi connectivity index (χ3v) is 7.19. The Morgan fingerprint density at radius 3 is 1.95 bits per heavy atom. The van der Waals surface area contributed by atoms with Crippen LogP contribution in [0.25, 0.3) is 6.08 Å². The summed E-state index contributed by atoms with van der Waals surface area (Å²) in [4.78, 5) is 10.1. The summed E-state index contributed by atoms with van der Waals surface area (Å²) >= 11 is 24.3. The SMILES string of the molecule is O=C(CNC(=S)C(F)(F)C(F)(F)C(F)(F)F)c1ccc(/C=C/C(c2cc(Cl)c(Cl)c(Cl)c2)C(F)(F)F)cc1Br. The molecule has 0 aromatic heterocycles. The number of ketones is 1. The van der Waals surface area contributed by atoms with E-state index in [1.165, 1.54) is 11.4 Å². The van der Waals surface area contributed by atoms with Crippen LogP contribution in [-0.4, -0.2) is 41.5 Å². The van der Waals surface area contributed by atoms with E-state index in [1.54, 1.807) is 0 Å². The van der Waals surface area contributed by atoms with Gasteiger partial charge in [-0.2, -0.15) is 43.9 Å². The number of carbonyl (C=O) groups excluding carboxylic acids is 1. The molecule has 0 fully saturated rings. The second kappa shape index (κ2) is 12.1. The Morgan fingerprint density at radius 2 is 1.49 bits per heavy atom. The molecular weight excluding hydrogens is 703 g/mol. The molecule has 2 aromatic rings. The fourth-order valence-corrected chi connectivity index (χ4v) is 4.35. The maximum absolute atomic E-state index is 13.7. The Morgan fingerprint density at radius 1 is 0.949 bits per heavy atom. The summed E-state index contributed by atoms with van der Waals surface area (Å²) in [5, 5.41) is 0.839. The average Bonchev–Trinajstić information content (AvgIpc) is 2.79. The van der Waals surface area contributed by atoms with E-state index in [-0.39, 0.29) is 36.2 Å². The van der Waals surface area contributed by atoms with Crippen molar-refractivity contribution in [3.63, 3.8) is 0 Å². The van der Waals surface area contributed by atoms with Gasteiger partial charge >= 0.3 is 24.2 Å². The Labute approximate surface area is 242 Å². The van der Waals surface area contributed by atoms with E-state index in [2.05, 4.69) is 28.1 Å². The standard InChI is InChI=1S/C22H11BrCl3F10NOS/c23-13-5-9(2-4-12(20(29,30)31)10-6-14(24)17(26)15(25)7-10)1-3-11(13)16(38)8-37-18(39)19(27,28)21(32,33)22(34,35)36/h1-7,12H,8H2,(H,37,39)/b4-2+. The highest BCUT2D eigenvalue weighted by atomic mass is 79.9. The molecule has 0 heterocycles. The van der Waals surface area contributed by atoms with E-state index in [1.807, 2.05) is 0 Å². The quantitative estimate of drug-likeness (QED) is 0.128. The molecule has 0 spiro atoms. The summed E-state index contributed by atoms with van der Waals surface area (Å²) in [5.41, 5.74) is -0.463. The smallest absolute Gasteiger partial charge is 0.367 e. The molecule has 0 aliphatic carbocycles. The molecular formula is C22H11BrCl3F10NOS. The lowest BCUT2D eigenvalue weighted by Gasteiger charge is -2.28. The van der Waals surface area contributed by atoms with Crippen LogP contribution in [0.2, 0.25) is 15.1 Å². The first-order valence-electron chi connectivity index (χ1n) is 9.94. The van der Waals surface area contributed by atoms with Crippen molar-refractivity contribution in [1.29, 1.82) is 0 Å². The minimum absolute atomic E-state index is 0.0594. The van der Waals surface area contributed by atoms with Crippen molar-refractivity contribution < 1.29 is 48.7 Å². The summed E-state index contributed by atoms with van der Waals surface area (Å²) in [6.45, 7) is -1.19. The molecule has 2 nitrogen and oxygen atoms in total. The summed E-state index contributed by atoms with van der Waals surface area (Å²) in [6.07, 6.45) is -9.59. The first-order valence-corrected chi connectivity index (χ1v) is 12.3. The van der Waals surface area contributed by atoms with Crippen LogP contribution in [0.15, 0.2) is 40.9 Å². The number of carbonyl (C=O) groups is 1. The van der Waals surface area contributed by atoms with Crippen molar-refractivity contribution in [3.05, 3.63) is 72.6 Å². The highest BCUT2D eigenvalue weighted by molar-refractivity contribution is 9.10. The molecule has 0 radical (unpaired) electrons. The number of hydrogen-bond donors (Lipinski definition) is 1. The van der Waals surface area contributed by atoms with E-state index in [0.29, 0.717) is 0 Å². The lowest BCUT2D eigenvalue weighted by molar-refractivity contribution is -0.336. The molecule has 0 amide bonds. The maximum atomic E-state index is 13.7. The first-order chi connectivity index (χ1) is 17.6. The van der Waals surface area contributed by atoms with Crippen LogP contribution in [0.4, 0.5) is 43.9 Å². The van der Waals surface area contributed by atoms with Crippen molar-refractivity contribution in [2.75, 3.05) is 6.54 Å². The van der Waals surface area contributed by atoms with Gasteiger partial charge in [0.1, 0.15) is 0 Å². The molecule has 1 atom stereocenters. The molecule has 0 saturated heterocycles. The van der Waals surface area contributed by atoms with E-state index in [9.17, 15) is 48.7 Å². The highest BCUT2D eigenvalue weighted by Gasteiger charge is 2.74. The topological polar surface area (TPSA) is 29.1 Å². The lowest BCUT2D eigenvalue weighted by atomic mass is 9.96. The molecule has 214 valence electrons. The van der Waals surface area contributed by atoms with Crippen molar-refractivity contribution in [2.24, 2.45) is 0 Å². The fraction of sp³-hybridized carbons (Fsp3) is 0.273. The number of Topliss-reactive ketones (excluding diaryl/α,β-unsaturated/α-hetero) is 1. The van der Waals surface area contributed by atoms with Crippen LogP contribution < -0.4 is 5.32 Å². The van der Waals surface area contributed by atoms with Gasteiger partial charge in [-0.25, -0.2) is 0 Å². The molecule has 0 aliphatic rings. The Balaban J connectivity index is 2.22. The zero-order chi connectivity index (χ0) is 30.1. The Bertz CT molecular complexity index is 1270. The van der Waals surface area contributed by atoms with Gasteiger partial charge in [0.25, 0.3) is 0 Å². The third kappa shape index (κ3) is 7.57. The van der Waals surface area contributed by atoms with Crippen molar-refractivity contribution in [1.82, 2.24) is 5.32 Å². The van der Waals surface area contributed by atoms with Gasteiger partial charge in [-0.3, -0.25) is 4.79 Å².